The van der Waals surface area contributed by atoms with Crippen molar-refractivity contribution in [2.75, 3.05) is 6.54 Å². The van der Waals surface area contributed by atoms with Gasteiger partial charge in [-0.2, -0.15) is 0 Å². The monoisotopic (exact) mass is 476 g/mol. The molecule has 3 aromatic carbocycles. The third-order valence-electron chi connectivity index (χ3n) is 5.93. The zero-order valence-corrected chi connectivity index (χ0v) is 20.9. The molecule has 34 heavy (non-hydrogen) atoms. The van der Waals surface area contributed by atoms with Gasteiger partial charge in [-0.3, -0.25) is 9.59 Å². The molecule has 3 rings (SSSR count). The Kier molecular flexibility index (Phi) is 9.29. The lowest BCUT2D eigenvalue weighted by Crippen LogP contribution is -2.51. The van der Waals surface area contributed by atoms with Gasteiger partial charge in [0.1, 0.15) is 6.04 Å². The van der Waals surface area contributed by atoms with Gasteiger partial charge in [-0.05, 0) is 54.7 Å². The van der Waals surface area contributed by atoms with Crippen molar-refractivity contribution in [3.63, 3.8) is 0 Å². The SMILES string of the molecule is CCCNC(=O)[C@H](Cc1ccccc1)N(Cc1ccc(Cl)cc1)C(=O)Cc1cc(C)ccc1C. The van der Waals surface area contributed by atoms with Gasteiger partial charge in [-0.1, -0.05) is 84.8 Å². The van der Waals surface area contributed by atoms with Crippen molar-refractivity contribution in [3.05, 3.63) is 106 Å². The second kappa shape index (κ2) is 12.4. The molecule has 0 aromatic heterocycles. The van der Waals surface area contributed by atoms with Gasteiger partial charge in [0.15, 0.2) is 0 Å². The number of nitrogens with one attached hydrogen (secondary N) is 1. The lowest BCUT2D eigenvalue weighted by molar-refractivity contribution is -0.140. The highest BCUT2D eigenvalue weighted by Crippen LogP contribution is 2.19. The number of carbonyl (C=O) groups is 2. The summed E-state index contributed by atoms with van der Waals surface area (Å²) in [4.78, 5) is 28.8. The number of hydrogen-bond acceptors (Lipinski definition) is 2. The summed E-state index contributed by atoms with van der Waals surface area (Å²) in [5.41, 5.74) is 5.11. The molecule has 0 saturated heterocycles. The van der Waals surface area contributed by atoms with Gasteiger partial charge in [0.2, 0.25) is 11.8 Å². The van der Waals surface area contributed by atoms with Crippen LogP contribution in [0.25, 0.3) is 0 Å². The Morgan fingerprint density at radius 1 is 0.941 bits per heavy atom. The summed E-state index contributed by atoms with van der Waals surface area (Å²) < 4.78 is 0. The van der Waals surface area contributed by atoms with E-state index in [1.54, 1.807) is 4.90 Å². The van der Waals surface area contributed by atoms with E-state index in [1.165, 1.54) is 0 Å². The highest BCUT2D eigenvalue weighted by Gasteiger charge is 2.30. The van der Waals surface area contributed by atoms with E-state index in [0.717, 1.165) is 34.2 Å². The number of amides is 2. The van der Waals surface area contributed by atoms with E-state index in [0.29, 0.717) is 24.5 Å². The van der Waals surface area contributed by atoms with Crippen molar-refractivity contribution in [3.8, 4) is 0 Å². The van der Waals surface area contributed by atoms with Crippen molar-refractivity contribution >= 4 is 23.4 Å². The Bertz CT molecular complexity index is 1100. The van der Waals surface area contributed by atoms with Crippen LogP contribution in [0.15, 0.2) is 72.8 Å². The van der Waals surface area contributed by atoms with Crippen LogP contribution in [-0.4, -0.2) is 29.3 Å². The molecule has 0 spiro atoms. The number of hydrogen-bond donors (Lipinski definition) is 1. The molecule has 1 N–H and O–H groups in total. The average Bonchev–Trinajstić information content (AvgIpc) is 2.83. The largest absolute Gasteiger partial charge is 0.354 e. The number of rotatable bonds is 10. The minimum Gasteiger partial charge on any atom is -0.354 e. The van der Waals surface area contributed by atoms with Gasteiger partial charge in [-0.25, -0.2) is 0 Å². The Morgan fingerprint density at radius 2 is 1.65 bits per heavy atom. The molecule has 0 radical (unpaired) electrons. The standard InChI is InChI=1S/C29H33ClN2O2/c1-4-16-31-29(34)27(18-23-8-6-5-7-9-23)32(20-24-12-14-26(30)15-13-24)28(33)19-25-17-21(2)10-11-22(25)3/h5-15,17,27H,4,16,18-20H2,1-3H3,(H,31,34)/t27-/m0/s1. The summed E-state index contributed by atoms with van der Waals surface area (Å²) in [5, 5.41) is 3.65. The molecule has 0 aliphatic carbocycles. The maximum atomic E-state index is 13.8. The van der Waals surface area contributed by atoms with Crippen molar-refractivity contribution in [1.29, 1.82) is 0 Å². The average molecular weight is 477 g/mol. The molecule has 0 aliphatic rings. The summed E-state index contributed by atoms with van der Waals surface area (Å²) in [7, 11) is 0. The smallest absolute Gasteiger partial charge is 0.243 e. The van der Waals surface area contributed by atoms with Crippen molar-refractivity contribution in [2.45, 2.75) is 52.6 Å². The number of halogens is 1. The zero-order chi connectivity index (χ0) is 24.5. The lowest BCUT2D eigenvalue weighted by Gasteiger charge is -2.32. The molecule has 2 amide bonds. The van der Waals surface area contributed by atoms with Crippen LogP contribution < -0.4 is 5.32 Å². The third-order valence-corrected chi connectivity index (χ3v) is 6.18. The van der Waals surface area contributed by atoms with Crippen LogP contribution in [-0.2, 0) is 29.0 Å². The number of carbonyl (C=O) groups excluding carboxylic acids is 2. The highest BCUT2D eigenvalue weighted by atomic mass is 35.5. The van der Waals surface area contributed by atoms with E-state index in [9.17, 15) is 9.59 Å². The normalized spacial score (nSPS) is 11.6. The van der Waals surface area contributed by atoms with Crippen LogP contribution in [0, 0.1) is 13.8 Å². The Hall–Kier alpha value is -3.11. The highest BCUT2D eigenvalue weighted by molar-refractivity contribution is 6.30. The van der Waals surface area contributed by atoms with E-state index >= 15 is 0 Å². The van der Waals surface area contributed by atoms with Crippen molar-refractivity contribution in [1.82, 2.24) is 10.2 Å². The van der Waals surface area contributed by atoms with Gasteiger partial charge in [-0.15, -0.1) is 0 Å². The molecule has 0 saturated carbocycles. The van der Waals surface area contributed by atoms with E-state index in [-0.39, 0.29) is 18.2 Å². The predicted octanol–water partition coefficient (Wildman–Crippen LogP) is 5.67. The van der Waals surface area contributed by atoms with E-state index < -0.39 is 6.04 Å². The Labute approximate surface area is 207 Å². The van der Waals surface area contributed by atoms with Crippen molar-refractivity contribution < 1.29 is 9.59 Å². The molecule has 0 heterocycles. The Morgan fingerprint density at radius 3 is 2.32 bits per heavy atom. The minimum absolute atomic E-state index is 0.0729. The first-order valence-electron chi connectivity index (χ1n) is 11.8. The molecule has 0 unspecified atom stereocenters. The Balaban J connectivity index is 1.97. The van der Waals surface area contributed by atoms with Crippen molar-refractivity contribution in [2.24, 2.45) is 0 Å². The van der Waals surface area contributed by atoms with Gasteiger partial charge >= 0.3 is 0 Å². The number of nitrogens with zero attached hydrogens (tertiary/aromatic N) is 1. The summed E-state index contributed by atoms with van der Waals surface area (Å²) in [6, 6.07) is 22.8. The molecule has 178 valence electrons. The molecular weight excluding hydrogens is 444 g/mol. The lowest BCUT2D eigenvalue weighted by atomic mass is 9.99. The van der Waals surface area contributed by atoms with E-state index in [2.05, 4.69) is 11.4 Å². The predicted molar refractivity (Wildman–Crippen MR) is 139 cm³/mol. The maximum Gasteiger partial charge on any atom is 0.243 e. The van der Waals surface area contributed by atoms with Crippen LogP contribution in [0.1, 0.15) is 41.2 Å². The molecule has 1 atom stereocenters. The fourth-order valence-electron chi connectivity index (χ4n) is 3.96. The summed E-state index contributed by atoms with van der Waals surface area (Å²) in [6.45, 7) is 6.96. The summed E-state index contributed by atoms with van der Waals surface area (Å²) in [6.07, 6.45) is 1.52. The molecule has 4 nitrogen and oxygen atoms in total. The minimum atomic E-state index is -0.623. The second-order valence-corrected chi connectivity index (χ2v) is 9.19. The molecule has 3 aromatic rings. The molecule has 0 fully saturated rings. The first-order chi connectivity index (χ1) is 16.4. The maximum absolute atomic E-state index is 13.8. The van der Waals surface area contributed by atoms with Crippen LogP contribution >= 0.6 is 11.6 Å². The van der Waals surface area contributed by atoms with Crippen LogP contribution in [0.5, 0.6) is 0 Å². The van der Waals surface area contributed by atoms with Gasteiger partial charge in [0, 0.05) is 24.5 Å². The summed E-state index contributed by atoms with van der Waals surface area (Å²) >= 11 is 6.08. The van der Waals surface area contributed by atoms with Crippen LogP contribution in [0.3, 0.4) is 0 Å². The van der Waals surface area contributed by atoms with E-state index in [4.69, 9.17) is 11.6 Å². The second-order valence-electron chi connectivity index (χ2n) is 8.75. The number of benzene rings is 3. The fourth-order valence-corrected chi connectivity index (χ4v) is 4.09. The molecular formula is C29H33ClN2O2. The van der Waals surface area contributed by atoms with Gasteiger partial charge in [0.05, 0.1) is 6.42 Å². The van der Waals surface area contributed by atoms with Gasteiger partial charge < -0.3 is 10.2 Å². The molecule has 0 bridgehead atoms. The van der Waals surface area contributed by atoms with Crippen LogP contribution in [0.4, 0.5) is 0 Å². The van der Waals surface area contributed by atoms with Crippen LogP contribution in [0.2, 0.25) is 5.02 Å². The van der Waals surface area contributed by atoms with E-state index in [1.807, 2.05) is 87.5 Å². The molecule has 0 aliphatic heterocycles. The molecule has 5 heteroatoms. The van der Waals surface area contributed by atoms with Gasteiger partial charge in [0.25, 0.3) is 0 Å². The number of aryl methyl sites for hydroxylation is 2. The summed E-state index contributed by atoms with van der Waals surface area (Å²) in [5.74, 6) is -0.204. The first kappa shape index (κ1) is 25.5. The zero-order valence-electron chi connectivity index (χ0n) is 20.2. The topological polar surface area (TPSA) is 49.4 Å². The quantitative estimate of drug-likeness (QED) is 0.410. The first-order valence-corrected chi connectivity index (χ1v) is 12.2. The fraction of sp³-hybridized carbons (Fsp3) is 0.310. The third kappa shape index (κ3) is 7.19.